The molecule has 2 aromatic heterocycles. The number of benzene rings is 1. The van der Waals surface area contributed by atoms with Gasteiger partial charge in [-0.1, -0.05) is 17.7 Å². The predicted octanol–water partition coefficient (Wildman–Crippen LogP) is 2.82. The van der Waals surface area contributed by atoms with Crippen LogP contribution in [-0.2, 0) is 0 Å². The lowest BCUT2D eigenvalue weighted by atomic mass is 10.2. The quantitative estimate of drug-likeness (QED) is 0.584. The summed E-state index contributed by atoms with van der Waals surface area (Å²) in [5.41, 5.74) is 1.91. The van der Waals surface area contributed by atoms with Gasteiger partial charge in [0.25, 0.3) is 0 Å². The lowest BCUT2D eigenvalue weighted by molar-refractivity contribution is 0.252. The molecular formula is C19H23N7O. The molecule has 8 nitrogen and oxygen atoms in total. The van der Waals surface area contributed by atoms with Gasteiger partial charge in [0.15, 0.2) is 0 Å². The van der Waals surface area contributed by atoms with Crippen molar-refractivity contribution in [1.29, 1.82) is 0 Å². The van der Waals surface area contributed by atoms with Crippen LogP contribution in [0.1, 0.15) is 17.2 Å². The van der Waals surface area contributed by atoms with E-state index < -0.39 is 0 Å². The summed E-state index contributed by atoms with van der Waals surface area (Å²) < 4.78 is 1.90. The van der Waals surface area contributed by atoms with Crippen LogP contribution >= 0.6 is 0 Å². The van der Waals surface area contributed by atoms with Crippen molar-refractivity contribution < 1.29 is 4.79 Å². The molecule has 2 amide bonds. The molecule has 0 unspecified atom stereocenters. The maximum atomic E-state index is 11.9. The number of hydrogen-bond acceptors (Lipinski definition) is 5. The van der Waals surface area contributed by atoms with Crippen LogP contribution in [0.4, 0.5) is 16.3 Å². The molecule has 140 valence electrons. The second-order valence-corrected chi connectivity index (χ2v) is 6.18. The van der Waals surface area contributed by atoms with Gasteiger partial charge in [0.05, 0.1) is 0 Å². The van der Waals surface area contributed by atoms with Gasteiger partial charge in [0.1, 0.15) is 23.3 Å². The third-order valence-electron chi connectivity index (χ3n) is 3.92. The van der Waals surface area contributed by atoms with E-state index in [0.717, 1.165) is 22.9 Å². The third-order valence-corrected chi connectivity index (χ3v) is 3.92. The number of nitrogens with zero attached hydrogens (tertiary/aromatic N) is 4. The minimum absolute atomic E-state index is 0.241. The number of urea groups is 1. The minimum atomic E-state index is -0.241. The summed E-state index contributed by atoms with van der Waals surface area (Å²) in [6.07, 6.45) is 3.59. The number of anilines is 2. The zero-order valence-corrected chi connectivity index (χ0v) is 15.7. The smallest absolute Gasteiger partial charge is 0.319 e. The summed E-state index contributed by atoms with van der Waals surface area (Å²) in [6.45, 7) is 6.76. The Balaban J connectivity index is 1.50. The van der Waals surface area contributed by atoms with Crippen LogP contribution in [0, 0.1) is 20.8 Å². The topological polar surface area (TPSA) is 96.8 Å². The minimum Gasteiger partial charge on any atom is -0.368 e. The highest BCUT2D eigenvalue weighted by Crippen LogP contribution is 2.12. The van der Waals surface area contributed by atoms with Gasteiger partial charge in [-0.25, -0.2) is 19.7 Å². The first-order valence-electron chi connectivity index (χ1n) is 8.72. The third kappa shape index (κ3) is 5.04. The van der Waals surface area contributed by atoms with Crippen LogP contribution in [-0.4, -0.2) is 38.6 Å². The Labute approximate surface area is 158 Å². The Morgan fingerprint density at radius 1 is 1.07 bits per heavy atom. The summed E-state index contributed by atoms with van der Waals surface area (Å²) in [7, 11) is 0. The summed E-state index contributed by atoms with van der Waals surface area (Å²) in [5, 5.41) is 8.81. The van der Waals surface area contributed by atoms with E-state index in [0.29, 0.717) is 24.7 Å². The molecule has 0 radical (unpaired) electrons. The molecule has 0 fully saturated rings. The Morgan fingerprint density at radius 2 is 1.85 bits per heavy atom. The molecule has 1 aromatic carbocycles. The van der Waals surface area contributed by atoms with Gasteiger partial charge < -0.3 is 16.0 Å². The first-order valence-corrected chi connectivity index (χ1v) is 8.72. The molecule has 3 aromatic rings. The number of amides is 2. The van der Waals surface area contributed by atoms with E-state index in [-0.39, 0.29) is 6.03 Å². The van der Waals surface area contributed by atoms with Crippen molar-refractivity contribution in [3.63, 3.8) is 0 Å². The number of rotatable bonds is 6. The average Bonchev–Trinajstić information content (AvgIpc) is 3.06. The highest BCUT2D eigenvalue weighted by atomic mass is 16.2. The average molecular weight is 365 g/mol. The summed E-state index contributed by atoms with van der Waals surface area (Å²) in [4.78, 5) is 25.0. The number of carbonyl (C=O) groups is 1. The highest BCUT2D eigenvalue weighted by molar-refractivity contribution is 5.89. The molecule has 0 aliphatic heterocycles. The number of aromatic nitrogens is 4. The van der Waals surface area contributed by atoms with Gasteiger partial charge >= 0.3 is 6.03 Å². The van der Waals surface area contributed by atoms with Crippen LogP contribution in [0.15, 0.2) is 42.7 Å². The normalized spacial score (nSPS) is 10.5. The van der Waals surface area contributed by atoms with Gasteiger partial charge in [-0.2, -0.15) is 0 Å². The molecule has 0 spiro atoms. The Kier molecular flexibility index (Phi) is 5.65. The Hall–Kier alpha value is -3.42. The summed E-state index contributed by atoms with van der Waals surface area (Å²) in [5.74, 6) is 2.97. The van der Waals surface area contributed by atoms with Crippen molar-refractivity contribution in [3.05, 3.63) is 59.9 Å². The molecule has 0 bridgehead atoms. The van der Waals surface area contributed by atoms with E-state index in [9.17, 15) is 4.79 Å². The van der Waals surface area contributed by atoms with Gasteiger partial charge in [0.2, 0.25) is 0 Å². The van der Waals surface area contributed by atoms with Gasteiger partial charge in [-0.05, 0) is 32.9 Å². The molecule has 2 heterocycles. The lowest BCUT2D eigenvalue weighted by Gasteiger charge is -2.11. The summed E-state index contributed by atoms with van der Waals surface area (Å²) >= 11 is 0. The molecule has 0 atom stereocenters. The SMILES string of the molecule is Cc1ccc(NC(=O)NCCNc2cc(-n3ccnc3C)nc(C)n2)cc1. The van der Waals surface area contributed by atoms with Crippen molar-refractivity contribution in [2.24, 2.45) is 0 Å². The fourth-order valence-electron chi connectivity index (χ4n) is 2.56. The monoisotopic (exact) mass is 365 g/mol. The van der Waals surface area contributed by atoms with E-state index in [1.165, 1.54) is 0 Å². The van der Waals surface area contributed by atoms with Crippen LogP contribution in [0.25, 0.3) is 5.82 Å². The van der Waals surface area contributed by atoms with Gasteiger partial charge in [-0.3, -0.25) is 4.57 Å². The Morgan fingerprint density at radius 3 is 2.56 bits per heavy atom. The first kappa shape index (κ1) is 18.4. The molecule has 0 aliphatic carbocycles. The van der Waals surface area contributed by atoms with Crippen LogP contribution in [0.2, 0.25) is 0 Å². The standard InChI is InChI=1S/C19H23N7O/c1-13-4-6-16(7-5-13)25-19(27)22-9-8-21-17-12-18(24-14(2)23-17)26-11-10-20-15(26)3/h4-7,10-12H,8-9H2,1-3H3,(H,21,23,24)(H2,22,25,27). The number of hydrogen-bond donors (Lipinski definition) is 3. The maximum absolute atomic E-state index is 11.9. The molecular weight excluding hydrogens is 342 g/mol. The van der Waals surface area contributed by atoms with E-state index in [1.54, 1.807) is 6.20 Å². The second-order valence-electron chi connectivity index (χ2n) is 6.18. The fraction of sp³-hybridized carbons (Fsp3) is 0.263. The van der Waals surface area contributed by atoms with Crippen LogP contribution in [0.3, 0.4) is 0 Å². The van der Waals surface area contributed by atoms with E-state index in [2.05, 4.69) is 30.9 Å². The van der Waals surface area contributed by atoms with Gasteiger partial charge in [0, 0.05) is 37.2 Å². The number of imidazole rings is 1. The largest absolute Gasteiger partial charge is 0.368 e. The zero-order valence-electron chi connectivity index (χ0n) is 15.7. The second kappa shape index (κ2) is 8.31. The zero-order chi connectivity index (χ0) is 19.2. The van der Waals surface area contributed by atoms with Gasteiger partial charge in [-0.15, -0.1) is 0 Å². The van der Waals surface area contributed by atoms with E-state index >= 15 is 0 Å². The number of nitrogens with one attached hydrogen (secondary N) is 3. The molecule has 0 aliphatic rings. The van der Waals surface area contributed by atoms with Crippen LogP contribution < -0.4 is 16.0 Å². The molecule has 0 saturated heterocycles. The summed E-state index contributed by atoms with van der Waals surface area (Å²) in [6, 6.07) is 9.26. The van der Waals surface area contributed by atoms with Crippen molar-refractivity contribution >= 4 is 17.5 Å². The van der Waals surface area contributed by atoms with Crippen LogP contribution in [0.5, 0.6) is 0 Å². The van der Waals surface area contributed by atoms with Crippen molar-refractivity contribution in [1.82, 2.24) is 24.8 Å². The molecule has 3 N–H and O–H groups in total. The van der Waals surface area contributed by atoms with E-state index in [4.69, 9.17) is 0 Å². The van der Waals surface area contributed by atoms with E-state index in [1.807, 2.05) is 61.9 Å². The Bertz CT molecular complexity index is 918. The predicted molar refractivity (Wildman–Crippen MR) is 105 cm³/mol. The first-order chi connectivity index (χ1) is 13.0. The highest BCUT2D eigenvalue weighted by Gasteiger charge is 2.06. The number of aryl methyl sites for hydroxylation is 3. The van der Waals surface area contributed by atoms with Crippen molar-refractivity contribution in [2.75, 3.05) is 23.7 Å². The molecule has 0 saturated carbocycles. The lowest BCUT2D eigenvalue weighted by Crippen LogP contribution is -2.32. The number of carbonyl (C=O) groups excluding carboxylic acids is 1. The fourth-order valence-corrected chi connectivity index (χ4v) is 2.56. The maximum Gasteiger partial charge on any atom is 0.319 e. The van der Waals surface area contributed by atoms with Crippen molar-refractivity contribution in [2.45, 2.75) is 20.8 Å². The molecule has 27 heavy (non-hydrogen) atoms. The molecule has 8 heteroatoms. The molecule has 3 rings (SSSR count). The van der Waals surface area contributed by atoms with Crippen molar-refractivity contribution in [3.8, 4) is 5.82 Å².